The molecular formula is C17H18N2O3S2. The zero-order valence-electron chi connectivity index (χ0n) is 13.7. The molecule has 0 heterocycles. The molecule has 5 nitrogen and oxygen atoms in total. The first-order valence-electron chi connectivity index (χ1n) is 7.09. The van der Waals surface area contributed by atoms with Crippen molar-refractivity contribution in [2.45, 2.75) is 16.3 Å². The van der Waals surface area contributed by atoms with Crippen molar-refractivity contribution in [2.24, 2.45) is 0 Å². The van der Waals surface area contributed by atoms with Crippen molar-refractivity contribution in [3.05, 3.63) is 53.6 Å². The number of benzene rings is 2. The Hall–Kier alpha value is -2.01. The summed E-state index contributed by atoms with van der Waals surface area (Å²) >= 11 is 1.57. The highest BCUT2D eigenvalue weighted by Gasteiger charge is 2.21. The molecule has 0 saturated heterocycles. The van der Waals surface area contributed by atoms with E-state index in [0.717, 1.165) is 16.2 Å². The second-order valence-electron chi connectivity index (χ2n) is 5.09. The molecule has 2 aromatic rings. The van der Waals surface area contributed by atoms with E-state index in [-0.39, 0.29) is 11.4 Å². The Labute approximate surface area is 146 Å². The highest BCUT2D eigenvalue weighted by Crippen LogP contribution is 2.29. The first-order chi connectivity index (χ1) is 11.4. The lowest BCUT2D eigenvalue weighted by atomic mass is 10.2. The fourth-order valence-electron chi connectivity index (χ4n) is 2.20. The van der Waals surface area contributed by atoms with E-state index in [1.165, 1.54) is 35.6 Å². The van der Waals surface area contributed by atoms with Gasteiger partial charge in [0.05, 0.1) is 23.6 Å². The van der Waals surface area contributed by atoms with Gasteiger partial charge in [-0.05, 0) is 48.2 Å². The van der Waals surface area contributed by atoms with Gasteiger partial charge < -0.3 is 4.74 Å². The normalized spacial score (nSPS) is 11.3. The standard InChI is InChI=1S/C17H18N2O3S2/c1-19(12-14-6-9-17(23-3)16(10-14)22-2)24(20,21)15-7-4-13(11-18)5-8-15/h4-10H,12H2,1-3H3. The van der Waals surface area contributed by atoms with Gasteiger partial charge in [-0.25, -0.2) is 8.42 Å². The first kappa shape index (κ1) is 18.3. The number of sulfonamides is 1. The van der Waals surface area contributed by atoms with Crippen LogP contribution in [0.15, 0.2) is 52.3 Å². The van der Waals surface area contributed by atoms with Crippen LogP contribution in [0.2, 0.25) is 0 Å². The lowest BCUT2D eigenvalue weighted by Crippen LogP contribution is -2.26. The van der Waals surface area contributed by atoms with Crippen LogP contribution < -0.4 is 4.74 Å². The predicted molar refractivity (Wildman–Crippen MR) is 94.6 cm³/mol. The van der Waals surface area contributed by atoms with Gasteiger partial charge in [-0.15, -0.1) is 11.8 Å². The van der Waals surface area contributed by atoms with Crippen molar-refractivity contribution in [3.8, 4) is 11.8 Å². The molecule has 0 radical (unpaired) electrons. The molecule has 24 heavy (non-hydrogen) atoms. The number of ether oxygens (including phenoxy) is 1. The van der Waals surface area contributed by atoms with Gasteiger partial charge in [0, 0.05) is 18.5 Å². The van der Waals surface area contributed by atoms with Gasteiger partial charge in [0.1, 0.15) is 5.75 Å². The third kappa shape index (κ3) is 3.90. The number of thioether (sulfide) groups is 1. The maximum Gasteiger partial charge on any atom is 0.243 e. The predicted octanol–water partition coefficient (Wildman–Crippen LogP) is 3.11. The molecule has 0 atom stereocenters. The van der Waals surface area contributed by atoms with Crippen LogP contribution in [-0.2, 0) is 16.6 Å². The smallest absolute Gasteiger partial charge is 0.243 e. The molecule has 0 aliphatic rings. The molecule has 0 saturated carbocycles. The van der Waals surface area contributed by atoms with E-state index >= 15 is 0 Å². The maximum absolute atomic E-state index is 12.6. The fourth-order valence-corrected chi connectivity index (χ4v) is 3.91. The maximum atomic E-state index is 12.6. The summed E-state index contributed by atoms with van der Waals surface area (Å²) in [6.45, 7) is 0.230. The van der Waals surface area contributed by atoms with Crippen molar-refractivity contribution in [3.63, 3.8) is 0 Å². The number of methoxy groups -OCH3 is 1. The van der Waals surface area contributed by atoms with Crippen molar-refractivity contribution in [1.82, 2.24) is 4.31 Å². The van der Waals surface area contributed by atoms with Crippen molar-refractivity contribution < 1.29 is 13.2 Å². The molecule has 0 fully saturated rings. The molecular weight excluding hydrogens is 344 g/mol. The Bertz CT molecular complexity index is 856. The molecule has 2 rings (SSSR count). The summed E-state index contributed by atoms with van der Waals surface area (Å²) in [5, 5.41) is 8.80. The zero-order valence-corrected chi connectivity index (χ0v) is 15.3. The fraction of sp³-hybridized carbons (Fsp3) is 0.235. The van der Waals surface area contributed by atoms with Gasteiger partial charge >= 0.3 is 0 Å². The summed E-state index contributed by atoms with van der Waals surface area (Å²) in [7, 11) is -0.496. The van der Waals surface area contributed by atoms with E-state index in [1.807, 2.05) is 30.5 Å². The van der Waals surface area contributed by atoms with Crippen LogP contribution in [0.4, 0.5) is 0 Å². The van der Waals surface area contributed by atoms with E-state index in [0.29, 0.717) is 5.56 Å². The topological polar surface area (TPSA) is 70.4 Å². The van der Waals surface area contributed by atoms with Gasteiger partial charge in [-0.2, -0.15) is 9.57 Å². The summed E-state index contributed by atoms with van der Waals surface area (Å²) in [5.41, 5.74) is 1.26. The average molecular weight is 362 g/mol. The molecule has 126 valence electrons. The van der Waals surface area contributed by atoms with E-state index in [4.69, 9.17) is 10.00 Å². The molecule has 7 heteroatoms. The van der Waals surface area contributed by atoms with Gasteiger partial charge in [0.2, 0.25) is 10.0 Å². The minimum absolute atomic E-state index is 0.164. The molecule has 0 spiro atoms. The van der Waals surface area contributed by atoms with Crippen LogP contribution in [0, 0.1) is 11.3 Å². The van der Waals surface area contributed by atoms with Crippen molar-refractivity contribution in [1.29, 1.82) is 5.26 Å². The van der Waals surface area contributed by atoms with Gasteiger partial charge in [-0.3, -0.25) is 0 Å². The number of rotatable bonds is 6. The summed E-state index contributed by atoms with van der Waals surface area (Å²) in [5.74, 6) is 0.726. The quantitative estimate of drug-likeness (QED) is 0.739. The number of hydrogen-bond acceptors (Lipinski definition) is 5. The van der Waals surface area contributed by atoms with E-state index < -0.39 is 10.0 Å². The minimum Gasteiger partial charge on any atom is -0.496 e. The molecule has 0 bridgehead atoms. The Balaban J connectivity index is 2.24. The van der Waals surface area contributed by atoms with E-state index in [9.17, 15) is 8.42 Å². The van der Waals surface area contributed by atoms with Crippen LogP contribution in [0.1, 0.15) is 11.1 Å². The van der Waals surface area contributed by atoms with E-state index in [2.05, 4.69) is 0 Å². The van der Waals surface area contributed by atoms with Crippen molar-refractivity contribution >= 4 is 21.8 Å². The second-order valence-corrected chi connectivity index (χ2v) is 7.98. The summed E-state index contributed by atoms with van der Waals surface area (Å²) in [4.78, 5) is 1.16. The summed E-state index contributed by atoms with van der Waals surface area (Å²) in [6.07, 6.45) is 1.96. The summed E-state index contributed by atoms with van der Waals surface area (Å²) < 4.78 is 31.9. The van der Waals surface area contributed by atoms with Crippen LogP contribution in [0.25, 0.3) is 0 Å². The monoisotopic (exact) mass is 362 g/mol. The Morgan fingerprint density at radius 2 is 1.88 bits per heavy atom. The number of hydrogen-bond donors (Lipinski definition) is 0. The SMILES string of the molecule is COc1cc(CN(C)S(=O)(=O)c2ccc(C#N)cc2)ccc1SC. The highest BCUT2D eigenvalue weighted by molar-refractivity contribution is 7.98. The molecule has 0 unspecified atom stereocenters. The van der Waals surface area contributed by atoms with E-state index in [1.54, 1.807) is 18.9 Å². The highest BCUT2D eigenvalue weighted by atomic mass is 32.2. The Morgan fingerprint density at radius 3 is 2.42 bits per heavy atom. The largest absolute Gasteiger partial charge is 0.496 e. The summed E-state index contributed by atoms with van der Waals surface area (Å²) in [6, 6.07) is 13.5. The van der Waals surface area contributed by atoms with Gasteiger partial charge in [0.15, 0.2) is 0 Å². The van der Waals surface area contributed by atoms with Crippen LogP contribution in [0.3, 0.4) is 0 Å². The Kier molecular flexibility index (Phi) is 5.89. The van der Waals surface area contributed by atoms with Crippen LogP contribution in [0.5, 0.6) is 5.75 Å². The number of nitrogens with zero attached hydrogens (tertiary/aromatic N) is 2. The number of nitriles is 1. The second kappa shape index (κ2) is 7.71. The molecule has 0 amide bonds. The zero-order chi connectivity index (χ0) is 17.7. The molecule has 0 aliphatic heterocycles. The van der Waals surface area contributed by atoms with Crippen LogP contribution in [-0.4, -0.2) is 33.1 Å². The first-order valence-corrected chi connectivity index (χ1v) is 9.76. The lowest BCUT2D eigenvalue weighted by molar-refractivity contribution is 0.402. The lowest BCUT2D eigenvalue weighted by Gasteiger charge is -2.18. The molecule has 2 aromatic carbocycles. The van der Waals surface area contributed by atoms with Gasteiger partial charge in [-0.1, -0.05) is 6.07 Å². The van der Waals surface area contributed by atoms with Crippen molar-refractivity contribution in [2.75, 3.05) is 20.4 Å². The third-order valence-corrected chi connectivity index (χ3v) is 6.14. The molecule has 0 aliphatic carbocycles. The average Bonchev–Trinajstić information content (AvgIpc) is 2.61. The van der Waals surface area contributed by atoms with Gasteiger partial charge in [0.25, 0.3) is 0 Å². The molecule has 0 aromatic heterocycles. The Morgan fingerprint density at radius 1 is 1.21 bits per heavy atom. The third-order valence-electron chi connectivity index (χ3n) is 3.54. The van der Waals surface area contributed by atoms with Crippen LogP contribution >= 0.6 is 11.8 Å². The molecule has 0 N–H and O–H groups in total. The minimum atomic E-state index is -3.62.